The number of rotatable bonds is 4. The Morgan fingerprint density at radius 1 is 1.03 bits per heavy atom. The van der Waals surface area contributed by atoms with Gasteiger partial charge in [0, 0.05) is 17.1 Å². The summed E-state index contributed by atoms with van der Waals surface area (Å²) in [5.41, 5.74) is 4.55. The molecule has 32 heavy (non-hydrogen) atoms. The van der Waals surface area contributed by atoms with Crippen molar-refractivity contribution in [2.24, 2.45) is 0 Å². The van der Waals surface area contributed by atoms with Gasteiger partial charge in [0.15, 0.2) is 0 Å². The largest absolute Gasteiger partial charge is 0.416 e. The van der Waals surface area contributed by atoms with Crippen molar-refractivity contribution in [2.45, 2.75) is 33.9 Å². The topological polar surface area (TPSA) is 57.8 Å². The molecule has 3 aromatic rings. The van der Waals surface area contributed by atoms with E-state index in [1.165, 1.54) is 18.2 Å². The minimum atomic E-state index is -4.53. The summed E-state index contributed by atoms with van der Waals surface area (Å²) < 4.78 is 40.8. The molecule has 2 aromatic carbocycles. The lowest BCUT2D eigenvalue weighted by molar-refractivity contribution is -0.137. The molecule has 0 aliphatic rings. The highest BCUT2D eigenvalue weighted by molar-refractivity contribution is 6.09. The number of alkyl halides is 3. The van der Waals surface area contributed by atoms with Gasteiger partial charge < -0.3 is 9.88 Å². The molecule has 0 fully saturated rings. The Morgan fingerprint density at radius 2 is 1.66 bits per heavy atom. The van der Waals surface area contributed by atoms with E-state index in [4.69, 9.17) is 0 Å². The fraction of sp³-hybridized carbons (Fsp3) is 0.200. The highest BCUT2D eigenvalue weighted by atomic mass is 19.4. The summed E-state index contributed by atoms with van der Waals surface area (Å²) in [4.78, 5) is 12.6. The van der Waals surface area contributed by atoms with Crippen molar-refractivity contribution in [3.8, 4) is 11.8 Å². The fourth-order valence-electron chi connectivity index (χ4n) is 3.71. The Kier molecular flexibility index (Phi) is 6.26. The molecule has 1 heterocycles. The van der Waals surface area contributed by atoms with Gasteiger partial charge in [-0.05, 0) is 74.7 Å². The lowest BCUT2D eigenvalue weighted by Gasteiger charge is -2.15. The number of halogens is 3. The van der Waals surface area contributed by atoms with Crippen molar-refractivity contribution in [1.29, 1.82) is 5.26 Å². The minimum absolute atomic E-state index is 0.0352. The van der Waals surface area contributed by atoms with Crippen LogP contribution in [0.4, 0.5) is 18.9 Å². The number of amides is 1. The third-order valence-corrected chi connectivity index (χ3v) is 5.25. The second kappa shape index (κ2) is 8.75. The summed E-state index contributed by atoms with van der Waals surface area (Å²) in [7, 11) is 0. The van der Waals surface area contributed by atoms with Gasteiger partial charge in [0.05, 0.1) is 11.3 Å². The first-order valence-electron chi connectivity index (χ1n) is 9.89. The predicted octanol–water partition coefficient (Wildman–Crippen LogP) is 6.28. The molecule has 0 aliphatic heterocycles. The average Bonchev–Trinajstić information content (AvgIpc) is 2.99. The first kappa shape index (κ1) is 22.9. The Morgan fingerprint density at radius 3 is 2.25 bits per heavy atom. The molecule has 0 saturated carbocycles. The van der Waals surface area contributed by atoms with Crippen LogP contribution in [0.1, 0.15) is 33.6 Å². The van der Waals surface area contributed by atoms with Crippen LogP contribution in [0.15, 0.2) is 54.1 Å². The zero-order valence-corrected chi connectivity index (χ0v) is 18.1. The SMILES string of the molecule is Cc1cccc(C)c1-n1c(C)cc(/C=C(/C#N)C(=O)Nc2cccc(C(F)(F)F)c2)c1C. The molecule has 0 radical (unpaired) electrons. The molecule has 0 spiro atoms. The van der Waals surface area contributed by atoms with Crippen LogP contribution in [-0.2, 0) is 11.0 Å². The molecule has 164 valence electrons. The van der Waals surface area contributed by atoms with E-state index < -0.39 is 17.6 Å². The third kappa shape index (κ3) is 4.59. The second-order valence-corrected chi connectivity index (χ2v) is 7.60. The lowest BCUT2D eigenvalue weighted by atomic mass is 10.1. The summed E-state index contributed by atoms with van der Waals surface area (Å²) in [5.74, 6) is -0.774. The van der Waals surface area contributed by atoms with E-state index in [1.807, 2.05) is 58.0 Å². The summed E-state index contributed by atoms with van der Waals surface area (Å²) in [5, 5.41) is 11.9. The Hall–Kier alpha value is -3.79. The first-order chi connectivity index (χ1) is 15.0. The van der Waals surface area contributed by atoms with Crippen LogP contribution >= 0.6 is 0 Å². The zero-order valence-electron chi connectivity index (χ0n) is 18.1. The van der Waals surface area contributed by atoms with Gasteiger partial charge in [0.25, 0.3) is 5.91 Å². The molecule has 3 rings (SSSR count). The minimum Gasteiger partial charge on any atom is -0.321 e. The molecule has 4 nitrogen and oxygen atoms in total. The zero-order chi connectivity index (χ0) is 23.6. The maximum atomic E-state index is 12.9. The molecule has 1 N–H and O–H groups in total. The predicted molar refractivity (Wildman–Crippen MR) is 118 cm³/mol. The van der Waals surface area contributed by atoms with Crippen molar-refractivity contribution in [2.75, 3.05) is 5.32 Å². The number of hydrogen-bond acceptors (Lipinski definition) is 2. The number of carbonyl (C=O) groups excluding carboxylic acids is 1. The summed E-state index contributed by atoms with van der Waals surface area (Å²) in [6.07, 6.45) is -3.07. The van der Waals surface area contributed by atoms with E-state index >= 15 is 0 Å². The quantitative estimate of drug-likeness (QED) is 0.386. The number of carbonyl (C=O) groups is 1. The van der Waals surface area contributed by atoms with Gasteiger partial charge in [0.2, 0.25) is 0 Å². The number of aryl methyl sites for hydroxylation is 3. The van der Waals surface area contributed by atoms with Gasteiger partial charge in [-0.2, -0.15) is 18.4 Å². The van der Waals surface area contributed by atoms with Crippen molar-refractivity contribution < 1.29 is 18.0 Å². The highest BCUT2D eigenvalue weighted by Crippen LogP contribution is 2.31. The number of anilines is 1. The summed E-state index contributed by atoms with van der Waals surface area (Å²) in [6.45, 7) is 7.86. The second-order valence-electron chi connectivity index (χ2n) is 7.60. The summed E-state index contributed by atoms with van der Waals surface area (Å²) >= 11 is 0. The van der Waals surface area contributed by atoms with Crippen molar-refractivity contribution >= 4 is 17.7 Å². The third-order valence-electron chi connectivity index (χ3n) is 5.25. The van der Waals surface area contributed by atoms with Crippen molar-refractivity contribution in [1.82, 2.24) is 4.57 Å². The van der Waals surface area contributed by atoms with Gasteiger partial charge >= 0.3 is 6.18 Å². The molecular formula is C25H22F3N3O. The summed E-state index contributed by atoms with van der Waals surface area (Å²) in [6, 6.07) is 14.0. The molecule has 0 bridgehead atoms. The molecular weight excluding hydrogens is 415 g/mol. The smallest absolute Gasteiger partial charge is 0.321 e. The monoisotopic (exact) mass is 437 g/mol. The van der Waals surface area contributed by atoms with Crippen LogP contribution in [0.5, 0.6) is 0 Å². The maximum Gasteiger partial charge on any atom is 0.416 e. The molecule has 1 aromatic heterocycles. The normalized spacial score (nSPS) is 11.9. The van der Waals surface area contributed by atoms with E-state index in [0.717, 1.165) is 40.3 Å². The number of nitriles is 1. The van der Waals surface area contributed by atoms with Crippen LogP contribution in [0.25, 0.3) is 11.8 Å². The Bertz CT molecular complexity index is 1240. The van der Waals surface area contributed by atoms with E-state index in [9.17, 15) is 23.2 Å². The van der Waals surface area contributed by atoms with Crippen LogP contribution < -0.4 is 5.32 Å². The van der Waals surface area contributed by atoms with E-state index in [0.29, 0.717) is 5.56 Å². The van der Waals surface area contributed by atoms with Crippen LogP contribution in [0.2, 0.25) is 0 Å². The number of nitrogens with zero attached hydrogens (tertiary/aromatic N) is 2. The van der Waals surface area contributed by atoms with Crippen molar-refractivity contribution in [3.05, 3.63) is 87.7 Å². The average molecular weight is 437 g/mol. The number of benzene rings is 2. The van der Waals surface area contributed by atoms with Gasteiger partial charge in [-0.3, -0.25) is 4.79 Å². The highest BCUT2D eigenvalue weighted by Gasteiger charge is 2.30. The van der Waals surface area contributed by atoms with Crippen LogP contribution in [0, 0.1) is 39.0 Å². The van der Waals surface area contributed by atoms with Crippen molar-refractivity contribution in [3.63, 3.8) is 0 Å². The number of para-hydroxylation sites is 1. The first-order valence-corrected chi connectivity index (χ1v) is 9.89. The standard InChI is InChI=1S/C25H22F3N3O/c1-15-7-5-8-16(2)23(15)31-17(3)11-19(18(31)4)12-20(14-29)24(32)30-22-10-6-9-21(13-22)25(26,27)28/h5-13H,1-4H3,(H,30,32)/b20-12-. The maximum absolute atomic E-state index is 12.9. The lowest BCUT2D eigenvalue weighted by Crippen LogP contribution is -2.14. The molecule has 7 heteroatoms. The van der Waals surface area contributed by atoms with Gasteiger partial charge in [-0.1, -0.05) is 24.3 Å². The number of aromatic nitrogens is 1. The molecule has 0 unspecified atom stereocenters. The molecule has 1 amide bonds. The molecule has 0 atom stereocenters. The van der Waals surface area contributed by atoms with E-state index in [-0.39, 0.29) is 11.3 Å². The van der Waals surface area contributed by atoms with E-state index in [1.54, 1.807) is 0 Å². The number of hydrogen-bond donors (Lipinski definition) is 1. The fourth-order valence-corrected chi connectivity index (χ4v) is 3.71. The van der Waals surface area contributed by atoms with Crippen LogP contribution in [-0.4, -0.2) is 10.5 Å². The van der Waals surface area contributed by atoms with Gasteiger partial charge in [-0.25, -0.2) is 0 Å². The Labute approximate surface area is 184 Å². The van der Waals surface area contributed by atoms with Gasteiger partial charge in [0.1, 0.15) is 11.6 Å². The molecule has 0 saturated heterocycles. The number of nitrogens with one attached hydrogen (secondary N) is 1. The molecule has 0 aliphatic carbocycles. The Balaban J connectivity index is 1.96. The van der Waals surface area contributed by atoms with Gasteiger partial charge in [-0.15, -0.1) is 0 Å². The van der Waals surface area contributed by atoms with E-state index in [2.05, 4.69) is 9.88 Å². The van der Waals surface area contributed by atoms with Crippen LogP contribution in [0.3, 0.4) is 0 Å².